The third-order valence-corrected chi connectivity index (χ3v) is 5.10. The number of carbonyl (C=O) groups is 2. The molecule has 2 aromatic rings. The number of hydrogen-bond acceptors (Lipinski definition) is 5. The summed E-state index contributed by atoms with van der Waals surface area (Å²) in [5.74, 6) is -0.969. The number of nitrogens with zero attached hydrogens (tertiary/aromatic N) is 2. The molecule has 0 atom stereocenters. The standard InChI is InChI=1S/C24H30ClN3O3/c1-15-7-9-18(25)20(13-15)27-23(31)21(22(30)24(3,4)5)26-19-10-8-17(14-16(19)2)28(6)11-12-29/h7-10,13-14,29H,11-12H2,1-6H3,(H,27,31). The summed E-state index contributed by atoms with van der Waals surface area (Å²) in [5, 5.41) is 12.3. The van der Waals surface area contributed by atoms with Crippen molar-refractivity contribution in [3.63, 3.8) is 0 Å². The van der Waals surface area contributed by atoms with E-state index in [1.165, 1.54) is 0 Å². The van der Waals surface area contributed by atoms with Crippen LogP contribution in [-0.2, 0) is 9.59 Å². The molecule has 0 radical (unpaired) electrons. The highest BCUT2D eigenvalue weighted by Crippen LogP contribution is 2.27. The number of anilines is 2. The van der Waals surface area contributed by atoms with Crippen molar-refractivity contribution in [2.24, 2.45) is 10.4 Å². The summed E-state index contributed by atoms with van der Waals surface area (Å²) in [7, 11) is 1.88. The Labute approximate surface area is 188 Å². The number of hydrogen-bond donors (Lipinski definition) is 2. The number of Topliss-reactive ketones (excluding diaryl/α,β-unsaturated/α-hetero) is 1. The van der Waals surface area contributed by atoms with Crippen LogP contribution < -0.4 is 10.2 Å². The Morgan fingerprint density at radius 3 is 2.39 bits per heavy atom. The van der Waals surface area contributed by atoms with Crippen molar-refractivity contribution in [1.29, 1.82) is 0 Å². The van der Waals surface area contributed by atoms with E-state index in [2.05, 4.69) is 10.3 Å². The smallest absolute Gasteiger partial charge is 0.278 e. The molecule has 0 heterocycles. The Kier molecular flexibility index (Phi) is 7.98. The molecular formula is C24H30ClN3O3. The summed E-state index contributed by atoms with van der Waals surface area (Å²) in [5.41, 5.74) is 2.64. The van der Waals surface area contributed by atoms with Gasteiger partial charge in [-0.2, -0.15) is 0 Å². The molecule has 0 spiro atoms. The third kappa shape index (κ3) is 6.39. The van der Waals surface area contributed by atoms with Crippen LogP contribution in [0.2, 0.25) is 5.02 Å². The highest BCUT2D eigenvalue weighted by molar-refractivity contribution is 6.68. The summed E-state index contributed by atoms with van der Waals surface area (Å²) >= 11 is 6.21. The molecule has 166 valence electrons. The van der Waals surface area contributed by atoms with E-state index in [-0.39, 0.29) is 18.1 Å². The first kappa shape index (κ1) is 24.6. The molecule has 0 aliphatic rings. The summed E-state index contributed by atoms with van der Waals surface area (Å²) in [6, 6.07) is 10.8. The van der Waals surface area contributed by atoms with Gasteiger partial charge in [-0.1, -0.05) is 38.4 Å². The maximum atomic E-state index is 13.1. The van der Waals surface area contributed by atoms with E-state index in [0.717, 1.165) is 16.8 Å². The van der Waals surface area contributed by atoms with Gasteiger partial charge in [0.25, 0.3) is 5.91 Å². The number of ketones is 1. The Morgan fingerprint density at radius 1 is 1.13 bits per heavy atom. The van der Waals surface area contributed by atoms with Crippen LogP contribution in [0.4, 0.5) is 17.1 Å². The second-order valence-electron chi connectivity index (χ2n) is 8.59. The van der Waals surface area contributed by atoms with Crippen molar-refractivity contribution in [1.82, 2.24) is 0 Å². The lowest BCUT2D eigenvalue weighted by atomic mass is 9.87. The molecule has 0 bridgehead atoms. The molecule has 1 amide bonds. The second-order valence-corrected chi connectivity index (χ2v) is 9.00. The van der Waals surface area contributed by atoms with E-state index < -0.39 is 11.3 Å². The Morgan fingerprint density at radius 2 is 1.81 bits per heavy atom. The monoisotopic (exact) mass is 443 g/mol. The minimum atomic E-state index is -0.790. The van der Waals surface area contributed by atoms with Crippen LogP contribution >= 0.6 is 11.6 Å². The maximum absolute atomic E-state index is 13.1. The van der Waals surface area contributed by atoms with Crippen LogP contribution in [0.15, 0.2) is 41.4 Å². The van der Waals surface area contributed by atoms with Crippen LogP contribution in [0.1, 0.15) is 31.9 Å². The highest BCUT2D eigenvalue weighted by atomic mass is 35.5. The average molecular weight is 444 g/mol. The fourth-order valence-electron chi connectivity index (χ4n) is 2.88. The van der Waals surface area contributed by atoms with Gasteiger partial charge in [-0.3, -0.25) is 9.59 Å². The molecule has 0 fully saturated rings. The van der Waals surface area contributed by atoms with E-state index in [4.69, 9.17) is 16.7 Å². The molecule has 0 saturated carbocycles. The van der Waals surface area contributed by atoms with Crippen LogP contribution in [0, 0.1) is 19.3 Å². The quantitative estimate of drug-likeness (QED) is 0.479. The number of amides is 1. The van der Waals surface area contributed by atoms with Crippen LogP contribution in [-0.4, -0.2) is 42.7 Å². The predicted octanol–water partition coefficient (Wildman–Crippen LogP) is 4.71. The molecular weight excluding hydrogens is 414 g/mol. The second kappa shape index (κ2) is 10.1. The van der Waals surface area contributed by atoms with E-state index in [0.29, 0.717) is 22.9 Å². The number of nitrogens with one attached hydrogen (secondary N) is 1. The normalized spacial score (nSPS) is 11.9. The van der Waals surface area contributed by atoms with Crippen LogP contribution in [0.3, 0.4) is 0 Å². The van der Waals surface area contributed by atoms with E-state index in [1.54, 1.807) is 39.0 Å². The van der Waals surface area contributed by atoms with Gasteiger partial charge in [0.2, 0.25) is 0 Å². The van der Waals surface area contributed by atoms with Crippen LogP contribution in [0.5, 0.6) is 0 Å². The van der Waals surface area contributed by atoms with Gasteiger partial charge in [0, 0.05) is 24.7 Å². The molecule has 0 unspecified atom stereocenters. The van der Waals surface area contributed by atoms with E-state index in [9.17, 15) is 9.59 Å². The minimum Gasteiger partial charge on any atom is -0.395 e. The van der Waals surface area contributed by atoms with Crippen molar-refractivity contribution in [3.8, 4) is 0 Å². The fraction of sp³-hybridized carbons (Fsp3) is 0.375. The fourth-order valence-corrected chi connectivity index (χ4v) is 3.04. The van der Waals surface area contributed by atoms with E-state index >= 15 is 0 Å². The van der Waals surface area contributed by atoms with Crippen molar-refractivity contribution in [2.45, 2.75) is 34.6 Å². The molecule has 0 saturated heterocycles. The maximum Gasteiger partial charge on any atom is 0.278 e. The first-order valence-electron chi connectivity index (χ1n) is 10.1. The highest BCUT2D eigenvalue weighted by Gasteiger charge is 2.31. The lowest BCUT2D eigenvalue weighted by molar-refractivity contribution is -0.121. The van der Waals surface area contributed by atoms with Gasteiger partial charge >= 0.3 is 0 Å². The SMILES string of the molecule is Cc1ccc(Cl)c(NC(=O)C(=Nc2ccc(N(C)CCO)cc2C)C(=O)C(C)(C)C)c1. The number of benzene rings is 2. The predicted molar refractivity (Wildman–Crippen MR) is 128 cm³/mol. The van der Waals surface area contributed by atoms with Crippen molar-refractivity contribution >= 4 is 46.1 Å². The number of rotatable bonds is 7. The minimum absolute atomic E-state index is 0.0430. The Bertz CT molecular complexity index is 1010. The number of likely N-dealkylation sites (N-methyl/N-ethyl adjacent to an activating group) is 1. The van der Waals surface area contributed by atoms with E-state index in [1.807, 2.05) is 44.0 Å². The zero-order valence-electron chi connectivity index (χ0n) is 18.9. The van der Waals surface area contributed by atoms with Gasteiger partial charge in [-0.05, 0) is 55.3 Å². The Hall–Kier alpha value is -2.70. The van der Waals surface area contributed by atoms with Gasteiger partial charge in [-0.15, -0.1) is 0 Å². The molecule has 2 N–H and O–H groups in total. The van der Waals surface area contributed by atoms with Crippen molar-refractivity contribution in [2.75, 3.05) is 30.4 Å². The first-order valence-corrected chi connectivity index (χ1v) is 10.5. The largest absolute Gasteiger partial charge is 0.395 e. The molecule has 7 heteroatoms. The molecule has 2 rings (SSSR count). The topological polar surface area (TPSA) is 82.0 Å². The molecule has 0 aliphatic heterocycles. The van der Waals surface area contributed by atoms with Gasteiger partial charge < -0.3 is 15.3 Å². The molecule has 6 nitrogen and oxygen atoms in total. The average Bonchev–Trinajstić information content (AvgIpc) is 2.68. The zero-order valence-corrected chi connectivity index (χ0v) is 19.7. The molecule has 0 aromatic heterocycles. The number of aliphatic imine (C=N–C) groups is 1. The zero-order chi connectivity index (χ0) is 23.3. The summed E-state index contributed by atoms with van der Waals surface area (Å²) in [4.78, 5) is 32.5. The number of carbonyl (C=O) groups excluding carboxylic acids is 2. The molecule has 0 aliphatic carbocycles. The van der Waals surface area contributed by atoms with Gasteiger partial charge in [0.05, 0.1) is 23.0 Å². The van der Waals surface area contributed by atoms with Crippen molar-refractivity contribution < 1.29 is 14.7 Å². The van der Waals surface area contributed by atoms with Crippen LogP contribution in [0.25, 0.3) is 0 Å². The van der Waals surface area contributed by atoms with Gasteiger partial charge in [0.1, 0.15) is 0 Å². The van der Waals surface area contributed by atoms with Gasteiger partial charge in [0.15, 0.2) is 11.5 Å². The third-order valence-electron chi connectivity index (χ3n) is 4.77. The molecule has 31 heavy (non-hydrogen) atoms. The summed E-state index contributed by atoms with van der Waals surface area (Å²) in [6.45, 7) is 9.53. The Balaban J connectivity index is 2.47. The molecule has 2 aromatic carbocycles. The van der Waals surface area contributed by atoms with Crippen molar-refractivity contribution in [3.05, 3.63) is 52.5 Å². The number of aliphatic hydroxyl groups is 1. The van der Waals surface area contributed by atoms with Gasteiger partial charge in [-0.25, -0.2) is 4.99 Å². The number of aliphatic hydroxyl groups excluding tert-OH is 1. The summed E-state index contributed by atoms with van der Waals surface area (Å²) < 4.78 is 0. The number of aryl methyl sites for hydroxylation is 2. The summed E-state index contributed by atoms with van der Waals surface area (Å²) in [6.07, 6.45) is 0. The lowest BCUT2D eigenvalue weighted by Crippen LogP contribution is -2.37. The lowest BCUT2D eigenvalue weighted by Gasteiger charge is -2.20. The number of halogens is 1. The first-order chi connectivity index (χ1) is 14.4.